The molecule has 2 heteroatoms. The normalized spacial score (nSPS) is 11.1. The standard InChI is InChI=1S/C24H16N2/c1-3-9-17(10-4-1)23-24(18-11-5-2-6-12-18)26-22-16-20-14-8-7-13-19(20)15-21(22)25-23/h1-16H. The number of nitrogens with zero attached hydrogens (tertiary/aromatic N) is 2. The third kappa shape index (κ3) is 2.52. The van der Waals surface area contributed by atoms with Crippen molar-refractivity contribution in [3.05, 3.63) is 97.1 Å². The van der Waals surface area contributed by atoms with E-state index in [1.807, 2.05) is 36.4 Å². The van der Waals surface area contributed by atoms with Crippen LogP contribution < -0.4 is 0 Å². The van der Waals surface area contributed by atoms with Gasteiger partial charge in [-0.3, -0.25) is 0 Å². The van der Waals surface area contributed by atoms with Gasteiger partial charge in [-0.05, 0) is 22.9 Å². The lowest BCUT2D eigenvalue weighted by atomic mass is 10.0. The van der Waals surface area contributed by atoms with Gasteiger partial charge in [0.2, 0.25) is 0 Å². The molecule has 0 unspecified atom stereocenters. The summed E-state index contributed by atoms with van der Waals surface area (Å²) in [5.41, 5.74) is 5.83. The minimum atomic E-state index is 0.916. The summed E-state index contributed by atoms with van der Waals surface area (Å²) >= 11 is 0. The van der Waals surface area contributed by atoms with E-state index in [4.69, 9.17) is 9.97 Å². The van der Waals surface area contributed by atoms with Gasteiger partial charge in [-0.25, -0.2) is 9.97 Å². The van der Waals surface area contributed by atoms with E-state index in [-0.39, 0.29) is 0 Å². The molecule has 0 saturated carbocycles. The Labute approximate surface area is 151 Å². The first-order chi connectivity index (χ1) is 12.9. The zero-order chi connectivity index (χ0) is 17.3. The average molecular weight is 332 g/mol. The smallest absolute Gasteiger partial charge is 0.0973 e. The van der Waals surface area contributed by atoms with Crippen molar-refractivity contribution in [3.63, 3.8) is 0 Å². The van der Waals surface area contributed by atoms with Crippen LogP contribution in [0.4, 0.5) is 0 Å². The van der Waals surface area contributed by atoms with Crippen molar-refractivity contribution in [2.75, 3.05) is 0 Å². The van der Waals surface area contributed by atoms with Gasteiger partial charge in [0, 0.05) is 11.1 Å². The number of fused-ring (bicyclic) bond motifs is 2. The van der Waals surface area contributed by atoms with E-state index in [1.54, 1.807) is 0 Å². The molecular weight excluding hydrogens is 316 g/mol. The van der Waals surface area contributed by atoms with Crippen LogP contribution in [0.15, 0.2) is 97.1 Å². The molecule has 0 amide bonds. The van der Waals surface area contributed by atoms with Gasteiger partial charge in [0.25, 0.3) is 0 Å². The molecule has 0 aliphatic carbocycles. The van der Waals surface area contributed by atoms with Crippen molar-refractivity contribution in [2.45, 2.75) is 0 Å². The predicted octanol–water partition coefficient (Wildman–Crippen LogP) is 6.12. The Hall–Kier alpha value is -3.52. The van der Waals surface area contributed by atoms with Crippen molar-refractivity contribution in [3.8, 4) is 22.5 Å². The fraction of sp³-hybridized carbons (Fsp3) is 0. The highest BCUT2D eigenvalue weighted by Gasteiger charge is 2.13. The molecule has 1 heterocycles. The van der Waals surface area contributed by atoms with Gasteiger partial charge in [-0.15, -0.1) is 0 Å². The van der Waals surface area contributed by atoms with Gasteiger partial charge in [0.05, 0.1) is 22.4 Å². The summed E-state index contributed by atoms with van der Waals surface area (Å²) in [6, 6.07) is 33.1. The van der Waals surface area contributed by atoms with Crippen molar-refractivity contribution < 1.29 is 0 Å². The molecule has 4 aromatic carbocycles. The Kier molecular flexibility index (Phi) is 3.46. The molecule has 0 aliphatic rings. The van der Waals surface area contributed by atoms with E-state index in [0.29, 0.717) is 0 Å². The van der Waals surface area contributed by atoms with Crippen LogP contribution in [-0.2, 0) is 0 Å². The fourth-order valence-corrected chi connectivity index (χ4v) is 3.34. The van der Waals surface area contributed by atoms with Crippen LogP contribution in [0.5, 0.6) is 0 Å². The lowest BCUT2D eigenvalue weighted by Gasteiger charge is -2.11. The predicted molar refractivity (Wildman–Crippen MR) is 108 cm³/mol. The first kappa shape index (κ1) is 14.8. The van der Waals surface area contributed by atoms with Gasteiger partial charge in [0.15, 0.2) is 0 Å². The second-order valence-corrected chi connectivity index (χ2v) is 6.34. The second kappa shape index (κ2) is 6.08. The summed E-state index contributed by atoms with van der Waals surface area (Å²) in [6.07, 6.45) is 0. The summed E-state index contributed by atoms with van der Waals surface area (Å²) in [6.45, 7) is 0. The van der Waals surface area contributed by atoms with Crippen LogP contribution in [0.1, 0.15) is 0 Å². The lowest BCUT2D eigenvalue weighted by Crippen LogP contribution is -1.95. The molecule has 0 N–H and O–H groups in total. The van der Waals surface area contributed by atoms with Crippen molar-refractivity contribution in [1.29, 1.82) is 0 Å². The van der Waals surface area contributed by atoms with E-state index in [2.05, 4.69) is 60.7 Å². The fourth-order valence-electron chi connectivity index (χ4n) is 3.34. The molecule has 5 rings (SSSR count). The van der Waals surface area contributed by atoms with Gasteiger partial charge in [-0.1, -0.05) is 84.9 Å². The van der Waals surface area contributed by atoms with Gasteiger partial charge >= 0.3 is 0 Å². The molecular formula is C24H16N2. The summed E-state index contributed by atoms with van der Waals surface area (Å²) in [4.78, 5) is 10.0. The van der Waals surface area contributed by atoms with E-state index in [1.165, 1.54) is 10.8 Å². The minimum Gasteiger partial charge on any atom is -0.244 e. The SMILES string of the molecule is c1ccc(-c2nc3cc4ccccc4cc3nc2-c2ccccc2)cc1. The maximum absolute atomic E-state index is 5.01. The van der Waals surface area contributed by atoms with Crippen LogP contribution in [-0.4, -0.2) is 9.97 Å². The largest absolute Gasteiger partial charge is 0.244 e. The average Bonchev–Trinajstić information content (AvgIpc) is 2.72. The Balaban J connectivity index is 1.86. The molecule has 0 atom stereocenters. The molecule has 0 aliphatic heterocycles. The highest BCUT2D eigenvalue weighted by molar-refractivity contribution is 5.97. The zero-order valence-corrected chi connectivity index (χ0v) is 14.1. The van der Waals surface area contributed by atoms with Crippen molar-refractivity contribution >= 4 is 21.8 Å². The maximum Gasteiger partial charge on any atom is 0.0973 e. The molecule has 1 aromatic heterocycles. The summed E-state index contributed by atoms with van der Waals surface area (Å²) < 4.78 is 0. The third-order valence-electron chi connectivity index (χ3n) is 4.63. The monoisotopic (exact) mass is 332 g/mol. The second-order valence-electron chi connectivity index (χ2n) is 6.34. The van der Waals surface area contributed by atoms with E-state index >= 15 is 0 Å². The van der Waals surface area contributed by atoms with Gasteiger partial charge in [0.1, 0.15) is 0 Å². The number of rotatable bonds is 2. The summed E-state index contributed by atoms with van der Waals surface area (Å²) in [7, 11) is 0. The summed E-state index contributed by atoms with van der Waals surface area (Å²) in [5, 5.41) is 2.36. The number of benzene rings is 4. The Morgan fingerprint density at radius 3 is 1.23 bits per heavy atom. The number of hydrogen-bond donors (Lipinski definition) is 0. The number of aromatic nitrogens is 2. The first-order valence-electron chi connectivity index (χ1n) is 8.70. The molecule has 0 spiro atoms. The molecule has 122 valence electrons. The van der Waals surface area contributed by atoms with Crippen LogP contribution in [0.25, 0.3) is 44.3 Å². The van der Waals surface area contributed by atoms with Crippen molar-refractivity contribution in [1.82, 2.24) is 9.97 Å². The number of hydrogen-bond acceptors (Lipinski definition) is 2. The molecule has 0 fully saturated rings. The molecule has 26 heavy (non-hydrogen) atoms. The molecule has 0 saturated heterocycles. The van der Waals surface area contributed by atoms with Crippen LogP contribution in [0.3, 0.4) is 0 Å². The van der Waals surface area contributed by atoms with Crippen LogP contribution in [0, 0.1) is 0 Å². The third-order valence-corrected chi connectivity index (χ3v) is 4.63. The first-order valence-corrected chi connectivity index (χ1v) is 8.70. The lowest BCUT2D eigenvalue weighted by molar-refractivity contribution is 1.30. The Morgan fingerprint density at radius 2 is 0.808 bits per heavy atom. The minimum absolute atomic E-state index is 0.916. The van der Waals surface area contributed by atoms with Crippen LogP contribution >= 0.6 is 0 Å². The van der Waals surface area contributed by atoms with Gasteiger partial charge in [-0.2, -0.15) is 0 Å². The van der Waals surface area contributed by atoms with E-state index < -0.39 is 0 Å². The van der Waals surface area contributed by atoms with Gasteiger partial charge < -0.3 is 0 Å². The molecule has 0 radical (unpaired) electrons. The maximum atomic E-state index is 5.01. The quantitative estimate of drug-likeness (QED) is 0.364. The highest BCUT2D eigenvalue weighted by atomic mass is 14.8. The molecule has 2 nitrogen and oxygen atoms in total. The van der Waals surface area contributed by atoms with E-state index in [9.17, 15) is 0 Å². The van der Waals surface area contributed by atoms with E-state index in [0.717, 1.165) is 33.5 Å². The molecule has 0 bridgehead atoms. The zero-order valence-electron chi connectivity index (χ0n) is 14.1. The van der Waals surface area contributed by atoms with Crippen molar-refractivity contribution in [2.24, 2.45) is 0 Å². The molecule has 5 aromatic rings. The Bertz CT molecular complexity index is 1120. The summed E-state index contributed by atoms with van der Waals surface area (Å²) in [5.74, 6) is 0. The topological polar surface area (TPSA) is 25.8 Å². The van der Waals surface area contributed by atoms with Crippen LogP contribution in [0.2, 0.25) is 0 Å². The Morgan fingerprint density at radius 1 is 0.423 bits per heavy atom. The highest BCUT2D eigenvalue weighted by Crippen LogP contribution is 2.32.